The number of hydrogen-bond acceptors (Lipinski definition) is 3. The number of carbonyl (C=O) groups excluding carboxylic acids is 1. The Balaban J connectivity index is 0.00000338. The van der Waals surface area contributed by atoms with E-state index in [1.54, 1.807) is 0 Å². The number of rotatable bonds is 7. The first-order chi connectivity index (χ1) is 12.1. The van der Waals surface area contributed by atoms with Gasteiger partial charge in [0.05, 0.1) is 0 Å². The van der Waals surface area contributed by atoms with Crippen LogP contribution in [0.2, 0.25) is 0 Å². The fraction of sp³-hybridized carbons (Fsp3) is 0.895. The van der Waals surface area contributed by atoms with Gasteiger partial charge in [0.25, 0.3) is 0 Å². The van der Waals surface area contributed by atoms with Crippen LogP contribution in [-0.4, -0.2) is 67.0 Å². The lowest BCUT2D eigenvalue weighted by Gasteiger charge is -2.35. The number of aliphatic imine (C=N–C) groups is 1. The fourth-order valence-electron chi connectivity index (χ4n) is 4.08. The molecule has 2 rings (SSSR count). The summed E-state index contributed by atoms with van der Waals surface area (Å²) in [5.74, 6) is 1.18. The molecule has 2 heterocycles. The fourth-order valence-corrected chi connectivity index (χ4v) is 4.08. The van der Waals surface area contributed by atoms with E-state index in [9.17, 15) is 4.79 Å². The van der Waals surface area contributed by atoms with Crippen LogP contribution in [-0.2, 0) is 4.79 Å². The van der Waals surface area contributed by atoms with E-state index in [4.69, 9.17) is 10.7 Å². The maximum absolute atomic E-state index is 11.2. The van der Waals surface area contributed by atoms with Crippen molar-refractivity contribution in [3.8, 4) is 0 Å². The van der Waals surface area contributed by atoms with Crippen molar-refractivity contribution in [2.45, 2.75) is 64.8 Å². The van der Waals surface area contributed by atoms with E-state index in [1.807, 2.05) is 0 Å². The second kappa shape index (κ2) is 12.8. The SMILES string of the molecule is CCNC(=NCCCN1CCCCC1C)N1CCCC(CC(N)=O)C1.I. The molecule has 7 heteroatoms. The van der Waals surface area contributed by atoms with Crippen LogP contribution in [0.15, 0.2) is 4.99 Å². The lowest BCUT2D eigenvalue weighted by atomic mass is 9.95. The number of piperidine rings is 2. The highest BCUT2D eigenvalue weighted by Crippen LogP contribution is 2.19. The van der Waals surface area contributed by atoms with Gasteiger partial charge in [0, 0.05) is 45.2 Å². The lowest BCUT2D eigenvalue weighted by Crippen LogP contribution is -2.47. The second-order valence-corrected chi connectivity index (χ2v) is 7.59. The molecule has 3 N–H and O–H groups in total. The summed E-state index contributed by atoms with van der Waals surface area (Å²) in [6, 6.07) is 0.725. The van der Waals surface area contributed by atoms with Gasteiger partial charge in [-0.15, -0.1) is 24.0 Å². The molecule has 2 aliphatic heterocycles. The van der Waals surface area contributed by atoms with Crippen molar-refractivity contribution < 1.29 is 4.79 Å². The minimum Gasteiger partial charge on any atom is -0.370 e. The van der Waals surface area contributed by atoms with E-state index >= 15 is 0 Å². The maximum Gasteiger partial charge on any atom is 0.217 e. The van der Waals surface area contributed by atoms with Gasteiger partial charge in [0.15, 0.2) is 5.96 Å². The molecular formula is C19H38IN5O. The van der Waals surface area contributed by atoms with Gasteiger partial charge in [-0.25, -0.2) is 0 Å². The third kappa shape index (κ3) is 7.98. The Morgan fingerprint density at radius 2 is 2.04 bits per heavy atom. The Hall–Kier alpha value is -0.570. The molecule has 2 saturated heterocycles. The summed E-state index contributed by atoms with van der Waals surface area (Å²) in [6.07, 6.45) is 7.84. The Morgan fingerprint density at radius 1 is 1.23 bits per heavy atom. The normalized spacial score (nSPS) is 24.8. The summed E-state index contributed by atoms with van der Waals surface area (Å²) in [4.78, 5) is 21.0. The van der Waals surface area contributed by atoms with Gasteiger partial charge in [-0.1, -0.05) is 6.42 Å². The number of halogens is 1. The Morgan fingerprint density at radius 3 is 2.73 bits per heavy atom. The van der Waals surface area contributed by atoms with Gasteiger partial charge < -0.3 is 20.9 Å². The quantitative estimate of drug-likeness (QED) is 0.255. The van der Waals surface area contributed by atoms with Gasteiger partial charge in [-0.05, 0) is 58.4 Å². The molecule has 1 amide bonds. The molecule has 0 aliphatic carbocycles. The molecule has 26 heavy (non-hydrogen) atoms. The molecule has 0 aromatic heterocycles. The second-order valence-electron chi connectivity index (χ2n) is 7.59. The Kier molecular flexibility index (Phi) is 11.5. The number of guanidine groups is 1. The van der Waals surface area contributed by atoms with Crippen LogP contribution in [0.4, 0.5) is 0 Å². The first kappa shape index (κ1) is 23.5. The van der Waals surface area contributed by atoms with E-state index in [1.165, 1.54) is 25.8 Å². The number of carbonyl (C=O) groups is 1. The largest absolute Gasteiger partial charge is 0.370 e. The summed E-state index contributed by atoms with van der Waals surface area (Å²) in [7, 11) is 0. The third-order valence-electron chi connectivity index (χ3n) is 5.45. The van der Waals surface area contributed by atoms with Crippen molar-refractivity contribution in [3.05, 3.63) is 0 Å². The van der Waals surface area contributed by atoms with Gasteiger partial charge in [0.1, 0.15) is 0 Å². The summed E-state index contributed by atoms with van der Waals surface area (Å²) in [6.45, 7) is 10.5. The van der Waals surface area contributed by atoms with E-state index in [2.05, 4.69) is 29.0 Å². The van der Waals surface area contributed by atoms with Crippen molar-refractivity contribution in [2.24, 2.45) is 16.6 Å². The molecule has 2 atom stereocenters. The van der Waals surface area contributed by atoms with Crippen molar-refractivity contribution in [3.63, 3.8) is 0 Å². The molecule has 0 saturated carbocycles. The van der Waals surface area contributed by atoms with Crippen molar-refractivity contribution in [2.75, 3.05) is 39.3 Å². The smallest absolute Gasteiger partial charge is 0.217 e. The molecule has 152 valence electrons. The molecule has 0 spiro atoms. The first-order valence-electron chi connectivity index (χ1n) is 10.2. The number of primary amides is 1. The monoisotopic (exact) mass is 479 g/mol. The van der Waals surface area contributed by atoms with Gasteiger partial charge >= 0.3 is 0 Å². The molecule has 0 aromatic rings. The number of likely N-dealkylation sites (tertiary alicyclic amines) is 2. The van der Waals surface area contributed by atoms with E-state index < -0.39 is 0 Å². The predicted molar refractivity (Wildman–Crippen MR) is 119 cm³/mol. The summed E-state index contributed by atoms with van der Waals surface area (Å²) in [5.41, 5.74) is 5.38. The van der Waals surface area contributed by atoms with Crippen LogP contribution < -0.4 is 11.1 Å². The molecule has 2 fully saturated rings. The minimum absolute atomic E-state index is 0. The van der Waals surface area contributed by atoms with Crippen molar-refractivity contribution in [1.82, 2.24) is 15.1 Å². The molecular weight excluding hydrogens is 441 g/mol. The molecule has 2 aliphatic rings. The summed E-state index contributed by atoms with van der Waals surface area (Å²) >= 11 is 0. The highest BCUT2D eigenvalue weighted by Gasteiger charge is 2.23. The Labute approximate surface area is 176 Å². The van der Waals surface area contributed by atoms with Crippen molar-refractivity contribution in [1.29, 1.82) is 0 Å². The standard InChI is InChI=1S/C19H37N5O.HI/c1-3-21-19(24-12-6-9-17(15-24)14-18(20)25)22-10-7-13-23-11-5-4-8-16(23)2;/h16-17H,3-15H2,1-2H3,(H2,20,25)(H,21,22);1H. The van der Waals surface area contributed by atoms with Crippen LogP contribution in [0.1, 0.15) is 58.8 Å². The third-order valence-corrected chi connectivity index (χ3v) is 5.45. The molecule has 6 nitrogen and oxygen atoms in total. The zero-order chi connectivity index (χ0) is 18.1. The molecule has 2 unspecified atom stereocenters. The topological polar surface area (TPSA) is 74.0 Å². The van der Waals surface area contributed by atoms with E-state index in [0.717, 1.165) is 64.0 Å². The number of hydrogen-bond donors (Lipinski definition) is 2. The number of nitrogens with zero attached hydrogens (tertiary/aromatic N) is 3. The van der Waals surface area contributed by atoms with Gasteiger partial charge in [-0.3, -0.25) is 9.79 Å². The first-order valence-corrected chi connectivity index (χ1v) is 10.2. The minimum atomic E-state index is -0.190. The lowest BCUT2D eigenvalue weighted by molar-refractivity contribution is -0.119. The number of amides is 1. The molecule has 0 aromatic carbocycles. The summed E-state index contributed by atoms with van der Waals surface area (Å²) < 4.78 is 0. The molecule has 0 radical (unpaired) electrons. The van der Waals surface area contributed by atoms with Crippen molar-refractivity contribution >= 4 is 35.8 Å². The van der Waals surface area contributed by atoms with Gasteiger partial charge in [0.2, 0.25) is 5.91 Å². The average molecular weight is 479 g/mol. The maximum atomic E-state index is 11.2. The number of nitrogens with one attached hydrogen (secondary N) is 1. The van der Waals surface area contributed by atoms with Crippen LogP contribution in [0.3, 0.4) is 0 Å². The highest BCUT2D eigenvalue weighted by molar-refractivity contribution is 14.0. The van der Waals surface area contributed by atoms with Crippen LogP contribution in [0, 0.1) is 5.92 Å². The van der Waals surface area contributed by atoms with Crippen LogP contribution >= 0.6 is 24.0 Å². The predicted octanol–water partition coefficient (Wildman–Crippen LogP) is 2.42. The van der Waals surface area contributed by atoms with Gasteiger partial charge in [-0.2, -0.15) is 0 Å². The van der Waals surface area contributed by atoms with E-state index in [0.29, 0.717) is 12.3 Å². The highest BCUT2D eigenvalue weighted by atomic mass is 127. The van der Waals surface area contributed by atoms with E-state index in [-0.39, 0.29) is 29.9 Å². The van der Waals surface area contributed by atoms with Crippen LogP contribution in [0.5, 0.6) is 0 Å². The Bertz CT molecular complexity index is 446. The zero-order valence-electron chi connectivity index (χ0n) is 16.6. The van der Waals surface area contributed by atoms with Crippen LogP contribution in [0.25, 0.3) is 0 Å². The number of nitrogens with two attached hydrogens (primary N) is 1. The average Bonchev–Trinajstić information content (AvgIpc) is 2.59. The molecule has 0 bridgehead atoms. The summed E-state index contributed by atoms with van der Waals surface area (Å²) in [5, 5.41) is 3.42. The zero-order valence-corrected chi connectivity index (χ0v) is 18.9.